The first-order valence-corrected chi connectivity index (χ1v) is 8.90. The highest BCUT2D eigenvalue weighted by Crippen LogP contribution is 2.15. The van der Waals surface area contributed by atoms with Crippen LogP contribution in [0, 0.1) is 13.8 Å². The molecular weight excluding hydrogens is 318 g/mol. The molecule has 134 valence electrons. The lowest BCUT2D eigenvalue weighted by atomic mass is 10.1. The van der Waals surface area contributed by atoms with Crippen LogP contribution in [0.3, 0.4) is 0 Å². The fraction of sp³-hybridized carbons (Fsp3) is 0.526. The third kappa shape index (κ3) is 3.83. The highest BCUT2D eigenvalue weighted by molar-refractivity contribution is 5.94. The Hall–Kier alpha value is -2.37. The van der Waals surface area contributed by atoms with Crippen LogP contribution >= 0.6 is 0 Å². The van der Waals surface area contributed by atoms with Crippen LogP contribution in [0.25, 0.3) is 0 Å². The Kier molecular flexibility index (Phi) is 5.06. The first-order chi connectivity index (χ1) is 12.0. The molecule has 6 nitrogen and oxygen atoms in total. The van der Waals surface area contributed by atoms with E-state index in [0.29, 0.717) is 44.6 Å². The number of hydrogen-bond donors (Lipinski definition) is 1. The smallest absolute Gasteiger partial charge is 0.253 e. The standard InChI is InChI=1S/C19H25N3O3/c1-13-4-5-15(12-14(13)2)18(24)21-8-3-9-22(11-10-21)19(25)16-6-7-17(23)20-16/h4-5,12,16H,3,6-11H2,1-2H3,(H,20,23). The number of hydrogen-bond acceptors (Lipinski definition) is 3. The minimum Gasteiger partial charge on any atom is -0.344 e. The van der Waals surface area contributed by atoms with Gasteiger partial charge in [-0.3, -0.25) is 14.4 Å². The molecule has 0 aromatic heterocycles. The number of carbonyl (C=O) groups excluding carboxylic acids is 3. The normalized spacial score (nSPS) is 21.0. The summed E-state index contributed by atoms with van der Waals surface area (Å²) < 4.78 is 0. The van der Waals surface area contributed by atoms with Gasteiger partial charge in [0.15, 0.2) is 0 Å². The van der Waals surface area contributed by atoms with E-state index < -0.39 is 6.04 Å². The van der Waals surface area contributed by atoms with Crippen molar-refractivity contribution in [1.82, 2.24) is 15.1 Å². The molecule has 1 atom stereocenters. The Morgan fingerprint density at radius 1 is 1.04 bits per heavy atom. The van der Waals surface area contributed by atoms with Gasteiger partial charge in [-0.05, 0) is 49.9 Å². The zero-order valence-corrected chi connectivity index (χ0v) is 14.9. The van der Waals surface area contributed by atoms with Gasteiger partial charge < -0.3 is 15.1 Å². The molecule has 2 saturated heterocycles. The van der Waals surface area contributed by atoms with Gasteiger partial charge in [-0.25, -0.2) is 0 Å². The molecule has 2 aliphatic rings. The van der Waals surface area contributed by atoms with Gasteiger partial charge in [0, 0.05) is 38.2 Å². The van der Waals surface area contributed by atoms with Gasteiger partial charge in [0.05, 0.1) is 0 Å². The van der Waals surface area contributed by atoms with E-state index >= 15 is 0 Å². The van der Waals surface area contributed by atoms with Crippen molar-refractivity contribution >= 4 is 17.7 Å². The van der Waals surface area contributed by atoms with Crippen molar-refractivity contribution in [2.45, 2.75) is 39.2 Å². The molecule has 0 spiro atoms. The molecule has 0 radical (unpaired) electrons. The second kappa shape index (κ2) is 7.25. The fourth-order valence-corrected chi connectivity index (χ4v) is 3.42. The maximum Gasteiger partial charge on any atom is 0.253 e. The number of nitrogens with one attached hydrogen (secondary N) is 1. The average Bonchev–Trinajstić information content (AvgIpc) is 2.89. The van der Waals surface area contributed by atoms with E-state index in [1.807, 2.05) is 36.9 Å². The van der Waals surface area contributed by atoms with Gasteiger partial charge in [0.1, 0.15) is 6.04 Å². The van der Waals surface area contributed by atoms with Gasteiger partial charge in [-0.15, -0.1) is 0 Å². The number of amides is 3. The Morgan fingerprint density at radius 3 is 2.44 bits per heavy atom. The average molecular weight is 343 g/mol. The van der Waals surface area contributed by atoms with E-state index in [1.54, 1.807) is 4.90 Å². The van der Waals surface area contributed by atoms with E-state index in [-0.39, 0.29) is 17.7 Å². The topological polar surface area (TPSA) is 69.7 Å². The van der Waals surface area contributed by atoms with Crippen LogP contribution in [0.2, 0.25) is 0 Å². The number of aryl methyl sites for hydroxylation is 2. The van der Waals surface area contributed by atoms with Crippen molar-refractivity contribution in [3.63, 3.8) is 0 Å². The molecule has 1 unspecified atom stereocenters. The largest absolute Gasteiger partial charge is 0.344 e. The fourth-order valence-electron chi connectivity index (χ4n) is 3.42. The molecular formula is C19H25N3O3. The van der Waals surface area contributed by atoms with Crippen molar-refractivity contribution in [3.8, 4) is 0 Å². The minimum absolute atomic E-state index is 0.0200. The summed E-state index contributed by atoms with van der Waals surface area (Å²) in [6.07, 6.45) is 1.74. The maximum absolute atomic E-state index is 12.8. The van der Waals surface area contributed by atoms with E-state index in [1.165, 1.54) is 5.56 Å². The van der Waals surface area contributed by atoms with Gasteiger partial charge in [-0.1, -0.05) is 6.07 Å². The lowest BCUT2D eigenvalue weighted by Crippen LogP contribution is -2.46. The molecule has 2 fully saturated rings. The van der Waals surface area contributed by atoms with Crippen molar-refractivity contribution < 1.29 is 14.4 Å². The molecule has 0 saturated carbocycles. The van der Waals surface area contributed by atoms with Gasteiger partial charge in [0.25, 0.3) is 5.91 Å². The second-order valence-electron chi connectivity index (χ2n) is 6.93. The third-order valence-electron chi connectivity index (χ3n) is 5.14. The first kappa shape index (κ1) is 17.5. The highest BCUT2D eigenvalue weighted by atomic mass is 16.2. The molecule has 25 heavy (non-hydrogen) atoms. The predicted molar refractivity (Wildman–Crippen MR) is 94.2 cm³/mol. The first-order valence-electron chi connectivity index (χ1n) is 8.90. The number of carbonyl (C=O) groups is 3. The summed E-state index contributed by atoms with van der Waals surface area (Å²) in [5.74, 6) is -0.0578. The third-order valence-corrected chi connectivity index (χ3v) is 5.14. The molecule has 1 N–H and O–H groups in total. The molecule has 1 aromatic carbocycles. The van der Waals surface area contributed by atoms with Crippen molar-refractivity contribution in [3.05, 3.63) is 34.9 Å². The Bertz CT molecular complexity index is 701. The van der Waals surface area contributed by atoms with Crippen LogP contribution in [-0.2, 0) is 9.59 Å². The van der Waals surface area contributed by atoms with Crippen LogP contribution < -0.4 is 5.32 Å². The second-order valence-corrected chi connectivity index (χ2v) is 6.93. The van der Waals surface area contributed by atoms with Crippen molar-refractivity contribution in [2.75, 3.05) is 26.2 Å². The summed E-state index contributed by atoms with van der Waals surface area (Å²) in [6.45, 7) is 6.35. The molecule has 1 aromatic rings. The summed E-state index contributed by atoms with van der Waals surface area (Å²) in [4.78, 5) is 40.2. The van der Waals surface area contributed by atoms with Gasteiger partial charge in [0.2, 0.25) is 11.8 Å². The quantitative estimate of drug-likeness (QED) is 0.879. The summed E-state index contributed by atoms with van der Waals surface area (Å²) in [5.41, 5.74) is 2.98. The molecule has 3 rings (SSSR count). The SMILES string of the molecule is Cc1ccc(C(=O)N2CCCN(C(=O)C3CCC(=O)N3)CC2)cc1C. The molecule has 2 aliphatic heterocycles. The van der Waals surface area contributed by atoms with E-state index in [4.69, 9.17) is 0 Å². The Balaban J connectivity index is 1.62. The van der Waals surface area contributed by atoms with Crippen LogP contribution in [0.15, 0.2) is 18.2 Å². The van der Waals surface area contributed by atoms with Crippen molar-refractivity contribution in [1.29, 1.82) is 0 Å². The van der Waals surface area contributed by atoms with Crippen LogP contribution in [0.4, 0.5) is 0 Å². The van der Waals surface area contributed by atoms with Gasteiger partial charge >= 0.3 is 0 Å². The Morgan fingerprint density at radius 2 is 1.76 bits per heavy atom. The van der Waals surface area contributed by atoms with Crippen molar-refractivity contribution in [2.24, 2.45) is 0 Å². The zero-order valence-electron chi connectivity index (χ0n) is 14.9. The summed E-state index contributed by atoms with van der Waals surface area (Å²) in [5, 5.41) is 2.73. The molecule has 2 heterocycles. The number of benzene rings is 1. The number of rotatable bonds is 2. The lowest BCUT2D eigenvalue weighted by Gasteiger charge is -2.24. The molecule has 3 amide bonds. The molecule has 0 bridgehead atoms. The maximum atomic E-state index is 12.8. The van der Waals surface area contributed by atoms with Crippen LogP contribution in [-0.4, -0.2) is 59.7 Å². The van der Waals surface area contributed by atoms with Crippen LogP contribution in [0.1, 0.15) is 40.7 Å². The highest BCUT2D eigenvalue weighted by Gasteiger charge is 2.32. The van der Waals surface area contributed by atoms with Crippen LogP contribution in [0.5, 0.6) is 0 Å². The minimum atomic E-state index is -0.394. The summed E-state index contributed by atoms with van der Waals surface area (Å²) in [6, 6.07) is 5.37. The van der Waals surface area contributed by atoms with E-state index in [9.17, 15) is 14.4 Å². The van der Waals surface area contributed by atoms with Gasteiger partial charge in [-0.2, -0.15) is 0 Å². The molecule has 6 heteroatoms. The summed E-state index contributed by atoms with van der Waals surface area (Å²) in [7, 11) is 0. The monoisotopic (exact) mass is 343 g/mol. The lowest BCUT2D eigenvalue weighted by molar-refractivity contribution is -0.134. The molecule has 0 aliphatic carbocycles. The summed E-state index contributed by atoms with van der Waals surface area (Å²) >= 11 is 0. The predicted octanol–water partition coefficient (Wildman–Crippen LogP) is 1.26. The Labute approximate surface area is 148 Å². The van der Waals surface area contributed by atoms with E-state index in [0.717, 1.165) is 12.0 Å². The zero-order chi connectivity index (χ0) is 18.0. The number of nitrogens with zero attached hydrogens (tertiary/aromatic N) is 2. The van der Waals surface area contributed by atoms with E-state index in [2.05, 4.69) is 5.32 Å².